The smallest absolute Gasteiger partial charge is 0.480 e. The lowest BCUT2D eigenvalue weighted by Gasteiger charge is -2.09. The fourth-order valence-corrected chi connectivity index (χ4v) is 1.58. The van der Waals surface area contributed by atoms with Gasteiger partial charge in [0.05, 0.1) is 7.11 Å². The molecule has 0 atom stereocenters. The van der Waals surface area contributed by atoms with E-state index in [0.717, 1.165) is 5.56 Å². The van der Waals surface area contributed by atoms with E-state index < -0.39 is 10.4 Å². The van der Waals surface area contributed by atoms with Crippen LogP contribution in [0.15, 0.2) is 30.9 Å². The Morgan fingerprint density at radius 3 is 2.65 bits per heavy atom. The summed E-state index contributed by atoms with van der Waals surface area (Å²) in [5.74, 6) is 0.00272. The first-order valence-corrected chi connectivity index (χ1v) is 5.88. The molecule has 1 rings (SSSR count). The van der Waals surface area contributed by atoms with Crippen molar-refractivity contribution >= 4 is 10.4 Å². The summed E-state index contributed by atoms with van der Waals surface area (Å²) in [5, 5.41) is 0. The predicted octanol–water partition coefficient (Wildman–Crippen LogP) is 1.95. The molecule has 17 heavy (non-hydrogen) atoms. The van der Waals surface area contributed by atoms with Crippen molar-refractivity contribution in [3.8, 4) is 11.5 Å². The van der Waals surface area contributed by atoms with Crippen LogP contribution in [-0.4, -0.2) is 15.5 Å². The van der Waals surface area contributed by atoms with Crippen LogP contribution in [0.25, 0.3) is 0 Å². The van der Waals surface area contributed by atoms with E-state index in [4.69, 9.17) is 4.74 Å². The molecule has 0 fully saturated rings. The summed E-state index contributed by atoms with van der Waals surface area (Å²) in [4.78, 5) is 0. The fraction of sp³-hybridized carbons (Fsp3) is 0.200. The SMILES string of the molecule is C=CCc1ccc(OS(=O)(=O)OF)c(OC)c1. The summed E-state index contributed by atoms with van der Waals surface area (Å²) in [6.45, 7) is 3.57. The molecule has 0 spiro atoms. The first-order chi connectivity index (χ1) is 8.02. The van der Waals surface area contributed by atoms with E-state index in [1.54, 1.807) is 18.2 Å². The Morgan fingerprint density at radius 1 is 1.41 bits per heavy atom. The van der Waals surface area contributed by atoms with E-state index in [1.165, 1.54) is 13.2 Å². The maximum Gasteiger partial charge on any atom is 0.480 e. The Balaban J connectivity index is 3.04. The molecule has 0 radical (unpaired) electrons. The van der Waals surface area contributed by atoms with E-state index in [1.807, 2.05) is 0 Å². The van der Waals surface area contributed by atoms with Gasteiger partial charge < -0.3 is 8.92 Å². The van der Waals surface area contributed by atoms with Gasteiger partial charge in [0, 0.05) is 0 Å². The molecule has 0 N–H and O–H groups in total. The van der Waals surface area contributed by atoms with Crippen LogP contribution in [0.3, 0.4) is 0 Å². The van der Waals surface area contributed by atoms with Crippen molar-refractivity contribution in [2.24, 2.45) is 0 Å². The Bertz CT molecular complexity index is 497. The molecule has 0 aliphatic rings. The highest BCUT2D eigenvalue weighted by atomic mass is 32.3. The van der Waals surface area contributed by atoms with E-state index in [0.29, 0.717) is 6.42 Å². The van der Waals surface area contributed by atoms with E-state index in [2.05, 4.69) is 15.1 Å². The van der Waals surface area contributed by atoms with Crippen LogP contribution in [0.4, 0.5) is 4.53 Å². The topological polar surface area (TPSA) is 61.8 Å². The standard InChI is InChI=1S/C10H11FO5S/c1-3-4-8-5-6-9(10(7-8)14-2)15-17(12,13)16-11/h3,5-7H,1,4H2,2H3. The molecule has 0 aliphatic heterocycles. The zero-order valence-electron chi connectivity index (χ0n) is 9.05. The maximum atomic E-state index is 11.6. The van der Waals surface area contributed by atoms with Crippen molar-refractivity contribution in [2.45, 2.75) is 6.42 Å². The zero-order valence-corrected chi connectivity index (χ0v) is 9.87. The second-order valence-electron chi connectivity index (χ2n) is 3.03. The number of rotatable bonds is 6. The molecule has 0 aliphatic carbocycles. The second-order valence-corrected chi connectivity index (χ2v) is 4.14. The van der Waals surface area contributed by atoms with Crippen molar-refractivity contribution in [2.75, 3.05) is 7.11 Å². The van der Waals surface area contributed by atoms with Gasteiger partial charge in [-0.05, 0) is 33.0 Å². The highest BCUT2D eigenvalue weighted by Gasteiger charge is 2.17. The lowest BCUT2D eigenvalue weighted by Crippen LogP contribution is -2.09. The van der Waals surface area contributed by atoms with Gasteiger partial charge in [-0.3, -0.25) is 0 Å². The fourth-order valence-electron chi connectivity index (χ4n) is 1.20. The number of allylic oxidation sites excluding steroid dienone is 1. The van der Waals surface area contributed by atoms with Crippen LogP contribution in [0.5, 0.6) is 11.5 Å². The van der Waals surface area contributed by atoms with Crippen molar-refractivity contribution < 1.29 is 26.3 Å². The number of hydrogen-bond acceptors (Lipinski definition) is 5. The van der Waals surface area contributed by atoms with Crippen LogP contribution in [0, 0.1) is 0 Å². The van der Waals surface area contributed by atoms with Gasteiger partial charge in [-0.25, -0.2) is 0 Å². The molecule has 0 saturated carbocycles. The molecule has 0 saturated heterocycles. The lowest BCUT2D eigenvalue weighted by atomic mass is 10.1. The Kier molecular flexibility index (Phi) is 4.47. The van der Waals surface area contributed by atoms with Crippen molar-refractivity contribution in [1.29, 1.82) is 0 Å². The van der Waals surface area contributed by atoms with Crippen molar-refractivity contribution in [1.82, 2.24) is 0 Å². The van der Waals surface area contributed by atoms with Crippen LogP contribution in [0.2, 0.25) is 0 Å². The van der Waals surface area contributed by atoms with Gasteiger partial charge in [-0.15, -0.1) is 6.58 Å². The summed E-state index contributed by atoms with van der Waals surface area (Å²) in [6, 6.07) is 4.51. The zero-order chi connectivity index (χ0) is 12.9. The molecule has 0 amide bonds. The molecule has 7 heteroatoms. The quantitative estimate of drug-likeness (QED) is 0.733. The summed E-state index contributed by atoms with van der Waals surface area (Å²) in [7, 11) is -3.36. The van der Waals surface area contributed by atoms with Crippen molar-refractivity contribution in [3.63, 3.8) is 0 Å². The third kappa shape index (κ3) is 3.72. The third-order valence-electron chi connectivity index (χ3n) is 1.88. The van der Waals surface area contributed by atoms with Crippen LogP contribution >= 0.6 is 0 Å². The number of hydrogen-bond donors (Lipinski definition) is 0. The highest BCUT2D eigenvalue weighted by molar-refractivity contribution is 7.82. The largest absolute Gasteiger partial charge is 0.493 e. The molecule has 0 heterocycles. The average molecular weight is 262 g/mol. The van der Waals surface area contributed by atoms with E-state index in [9.17, 15) is 12.9 Å². The summed E-state index contributed by atoms with van der Waals surface area (Å²) in [5.41, 5.74) is 0.850. The molecule has 1 aromatic rings. The predicted molar refractivity (Wildman–Crippen MR) is 58.6 cm³/mol. The molecular weight excluding hydrogens is 251 g/mol. The monoisotopic (exact) mass is 262 g/mol. The van der Waals surface area contributed by atoms with Gasteiger partial charge in [-0.2, -0.15) is 8.42 Å². The van der Waals surface area contributed by atoms with Gasteiger partial charge in [0.2, 0.25) is 0 Å². The highest BCUT2D eigenvalue weighted by Crippen LogP contribution is 2.29. The summed E-state index contributed by atoms with van der Waals surface area (Å²) < 4.78 is 45.1. The molecule has 0 unspecified atom stereocenters. The number of benzene rings is 1. The van der Waals surface area contributed by atoms with Crippen LogP contribution in [0.1, 0.15) is 5.56 Å². The van der Waals surface area contributed by atoms with Gasteiger partial charge in [0.15, 0.2) is 11.5 Å². The van der Waals surface area contributed by atoms with Crippen LogP contribution in [-0.2, 0) is 21.2 Å². The molecule has 94 valence electrons. The first-order valence-electron chi connectivity index (χ1n) is 4.55. The summed E-state index contributed by atoms with van der Waals surface area (Å²) in [6.07, 6.45) is 2.26. The van der Waals surface area contributed by atoms with Gasteiger partial charge in [-0.1, -0.05) is 12.1 Å². The molecule has 5 nitrogen and oxygen atoms in total. The number of halogens is 1. The molecule has 1 aromatic carbocycles. The van der Waals surface area contributed by atoms with Gasteiger partial charge in [0.25, 0.3) is 0 Å². The maximum absolute atomic E-state index is 11.6. The third-order valence-corrected chi connectivity index (χ3v) is 2.42. The second kappa shape index (κ2) is 5.65. The minimum Gasteiger partial charge on any atom is -0.493 e. The molecule has 0 aromatic heterocycles. The Morgan fingerprint density at radius 2 is 2.12 bits per heavy atom. The Hall–Kier alpha value is -1.60. The normalized spacial score (nSPS) is 10.9. The van der Waals surface area contributed by atoms with Crippen molar-refractivity contribution in [3.05, 3.63) is 36.4 Å². The minimum absolute atomic E-state index is 0.155. The number of methoxy groups -OCH3 is 1. The van der Waals surface area contributed by atoms with Crippen LogP contribution < -0.4 is 8.92 Å². The molecular formula is C10H11FO5S. The Labute approximate surface area is 98.7 Å². The lowest BCUT2D eigenvalue weighted by molar-refractivity contribution is -0.00960. The van der Waals surface area contributed by atoms with Gasteiger partial charge >= 0.3 is 10.4 Å². The van der Waals surface area contributed by atoms with Gasteiger partial charge in [0.1, 0.15) is 0 Å². The molecule has 0 bridgehead atoms. The average Bonchev–Trinajstić information content (AvgIpc) is 2.31. The minimum atomic E-state index is -4.70. The number of ether oxygens (including phenoxy) is 1. The van der Waals surface area contributed by atoms with E-state index >= 15 is 0 Å². The first kappa shape index (κ1) is 13.5. The summed E-state index contributed by atoms with van der Waals surface area (Å²) >= 11 is 0. The van der Waals surface area contributed by atoms with E-state index in [-0.39, 0.29) is 11.5 Å².